The topological polar surface area (TPSA) is 113 Å². The minimum absolute atomic E-state index is 0.305. The largest absolute Gasteiger partial charge is 0.480 e. The number of aryl methyl sites for hydroxylation is 2. The fourth-order valence-electron chi connectivity index (χ4n) is 2.66. The molecule has 0 fully saturated rings. The number of nitrogens with one attached hydrogen (secondary N) is 1. The van der Waals surface area contributed by atoms with E-state index in [1.807, 2.05) is 13.8 Å². The number of thiazole rings is 1. The first-order valence-corrected chi connectivity index (χ1v) is 10.8. The molecule has 0 spiro atoms. The van der Waals surface area contributed by atoms with Crippen molar-refractivity contribution in [2.45, 2.75) is 64.7 Å². The standard InChI is InChI=1S/C16H26N2O5S2/c1-5-7-12(8-6-2)25(22,23)9-13(16(20)21)18-15(19)14-10(3)17-11(4)24-14/h12-13H,5-9H2,1-4H3,(H,18,19)(H,20,21)/t13-/m0/s1. The van der Waals surface area contributed by atoms with Gasteiger partial charge in [-0.3, -0.25) is 4.79 Å². The number of hydrogen-bond acceptors (Lipinski definition) is 6. The number of carbonyl (C=O) groups excluding carboxylic acids is 1. The van der Waals surface area contributed by atoms with Crippen molar-refractivity contribution in [1.82, 2.24) is 10.3 Å². The first-order valence-electron chi connectivity index (χ1n) is 8.31. The van der Waals surface area contributed by atoms with E-state index in [-0.39, 0.29) is 0 Å². The molecule has 0 saturated carbocycles. The molecule has 0 aliphatic heterocycles. The monoisotopic (exact) mass is 390 g/mol. The highest BCUT2D eigenvalue weighted by molar-refractivity contribution is 7.92. The molecule has 1 heterocycles. The minimum atomic E-state index is -3.63. The zero-order chi connectivity index (χ0) is 19.2. The van der Waals surface area contributed by atoms with Gasteiger partial charge in [0.1, 0.15) is 10.9 Å². The molecule has 1 aromatic rings. The molecule has 25 heavy (non-hydrogen) atoms. The zero-order valence-corrected chi connectivity index (χ0v) is 16.7. The van der Waals surface area contributed by atoms with Crippen molar-refractivity contribution in [2.75, 3.05) is 5.75 Å². The van der Waals surface area contributed by atoms with E-state index in [1.165, 1.54) is 0 Å². The van der Waals surface area contributed by atoms with Gasteiger partial charge in [-0.25, -0.2) is 18.2 Å². The number of carboxylic acid groups (broad SMARTS) is 1. The Bertz CT molecular complexity index is 706. The molecule has 0 bridgehead atoms. The predicted octanol–water partition coefficient (Wildman–Crippen LogP) is 2.33. The lowest BCUT2D eigenvalue weighted by atomic mass is 10.2. The normalized spacial score (nSPS) is 13.0. The van der Waals surface area contributed by atoms with Crippen molar-refractivity contribution in [3.05, 3.63) is 15.6 Å². The number of sulfone groups is 1. The van der Waals surface area contributed by atoms with Crippen LogP contribution in [0.1, 0.15) is 59.9 Å². The number of hydrogen-bond donors (Lipinski definition) is 2. The lowest BCUT2D eigenvalue weighted by Gasteiger charge is -2.20. The van der Waals surface area contributed by atoms with E-state index in [4.69, 9.17) is 0 Å². The maximum absolute atomic E-state index is 12.6. The summed E-state index contributed by atoms with van der Waals surface area (Å²) in [5, 5.41) is 11.8. The van der Waals surface area contributed by atoms with Gasteiger partial charge in [0.25, 0.3) is 5.91 Å². The average molecular weight is 391 g/mol. The van der Waals surface area contributed by atoms with Crippen LogP contribution in [0.3, 0.4) is 0 Å². The maximum Gasteiger partial charge on any atom is 0.327 e. The van der Waals surface area contributed by atoms with E-state index in [2.05, 4.69) is 10.3 Å². The molecule has 0 aliphatic carbocycles. The van der Waals surface area contributed by atoms with Crippen molar-refractivity contribution < 1.29 is 23.1 Å². The molecule has 1 rings (SSSR count). The molecule has 0 aliphatic rings. The third kappa shape index (κ3) is 6.07. The molecule has 0 aromatic carbocycles. The summed E-state index contributed by atoms with van der Waals surface area (Å²) in [6, 6.07) is -1.48. The van der Waals surface area contributed by atoms with E-state index < -0.39 is 38.8 Å². The van der Waals surface area contributed by atoms with Gasteiger partial charge in [-0.1, -0.05) is 26.7 Å². The van der Waals surface area contributed by atoms with Crippen LogP contribution in [-0.2, 0) is 14.6 Å². The second-order valence-corrected chi connectivity index (χ2v) is 9.57. The first-order chi connectivity index (χ1) is 11.6. The fourth-order valence-corrected chi connectivity index (χ4v) is 5.63. The lowest BCUT2D eigenvalue weighted by molar-refractivity contribution is -0.138. The number of carboxylic acids is 1. The van der Waals surface area contributed by atoms with Gasteiger partial charge in [-0.2, -0.15) is 0 Å². The van der Waals surface area contributed by atoms with Crippen LogP contribution in [0.2, 0.25) is 0 Å². The van der Waals surface area contributed by atoms with Crippen LogP contribution >= 0.6 is 11.3 Å². The third-order valence-electron chi connectivity index (χ3n) is 3.84. The van der Waals surface area contributed by atoms with E-state index in [1.54, 1.807) is 13.8 Å². The zero-order valence-electron chi connectivity index (χ0n) is 15.0. The number of nitrogens with zero attached hydrogens (tertiary/aromatic N) is 1. The molecule has 0 saturated heterocycles. The van der Waals surface area contributed by atoms with E-state index in [0.717, 1.165) is 11.3 Å². The molecule has 1 amide bonds. The van der Waals surface area contributed by atoms with Crippen molar-refractivity contribution >= 4 is 33.1 Å². The number of aliphatic carboxylic acids is 1. The molecule has 142 valence electrons. The maximum atomic E-state index is 12.6. The van der Waals surface area contributed by atoms with Gasteiger partial charge >= 0.3 is 5.97 Å². The molecule has 0 radical (unpaired) electrons. The van der Waals surface area contributed by atoms with Crippen molar-refractivity contribution in [3.8, 4) is 0 Å². The average Bonchev–Trinajstić information content (AvgIpc) is 2.84. The molecule has 9 heteroatoms. The molecule has 0 unspecified atom stereocenters. The number of amides is 1. The van der Waals surface area contributed by atoms with Crippen LogP contribution in [0.15, 0.2) is 0 Å². The number of aromatic nitrogens is 1. The molecule has 2 N–H and O–H groups in total. The Balaban J connectivity index is 2.94. The molecule has 1 atom stereocenters. The summed E-state index contributed by atoms with van der Waals surface area (Å²) in [5.74, 6) is -2.56. The molecule has 1 aromatic heterocycles. The van der Waals surface area contributed by atoms with Crippen LogP contribution in [0, 0.1) is 13.8 Å². The number of carbonyl (C=O) groups is 2. The SMILES string of the molecule is CCCC(CCC)S(=O)(=O)C[C@H](NC(=O)c1sc(C)nc1C)C(=O)O. The Morgan fingerprint density at radius 1 is 1.20 bits per heavy atom. The van der Waals surface area contributed by atoms with Crippen LogP contribution < -0.4 is 5.32 Å². The minimum Gasteiger partial charge on any atom is -0.480 e. The van der Waals surface area contributed by atoms with Gasteiger partial charge < -0.3 is 10.4 Å². The Labute approximate surface area is 152 Å². The van der Waals surface area contributed by atoms with Gasteiger partial charge in [0.15, 0.2) is 9.84 Å². The molecular formula is C16H26N2O5S2. The summed E-state index contributed by atoms with van der Waals surface area (Å²) in [7, 11) is -3.63. The van der Waals surface area contributed by atoms with Crippen molar-refractivity contribution in [3.63, 3.8) is 0 Å². The van der Waals surface area contributed by atoms with Crippen LogP contribution in [0.5, 0.6) is 0 Å². The molecular weight excluding hydrogens is 364 g/mol. The van der Waals surface area contributed by atoms with Gasteiger partial charge in [-0.15, -0.1) is 11.3 Å². The van der Waals surface area contributed by atoms with Crippen molar-refractivity contribution in [2.24, 2.45) is 0 Å². The summed E-state index contributed by atoms with van der Waals surface area (Å²) in [5.41, 5.74) is 0.502. The highest BCUT2D eigenvalue weighted by Gasteiger charge is 2.32. The fraction of sp³-hybridized carbons (Fsp3) is 0.688. The summed E-state index contributed by atoms with van der Waals surface area (Å²) >= 11 is 1.15. The quantitative estimate of drug-likeness (QED) is 0.634. The van der Waals surface area contributed by atoms with Crippen LogP contribution in [-0.4, -0.2) is 47.4 Å². The van der Waals surface area contributed by atoms with Crippen molar-refractivity contribution in [1.29, 1.82) is 0 Å². The summed E-state index contributed by atoms with van der Waals surface area (Å²) in [6.45, 7) is 7.18. The summed E-state index contributed by atoms with van der Waals surface area (Å²) in [6.07, 6.45) is 2.38. The smallest absolute Gasteiger partial charge is 0.327 e. The van der Waals surface area contributed by atoms with E-state index in [0.29, 0.717) is 41.3 Å². The first kappa shape index (κ1) is 21.6. The lowest BCUT2D eigenvalue weighted by Crippen LogP contribution is -2.47. The van der Waals surface area contributed by atoms with E-state index in [9.17, 15) is 23.1 Å². The van der Waals surface area contributed by atoms with Crippen LogP contribution in [0.4, 0.5) is 0 Å². The van der Waals surface area contributed by atoms with Gasteiger partial charge in [-0.05, 0) is 26.7 Å². The van der Waals surface area contributed by atoms with Gasteiger partial charge in [0, 0.05) is 0 Å². The molecule has 7 nitrogen and oxygen atoms in total. The Morgan fingerprint density at radius 3 is 2.16 bits per heavy atom. The van der Waals surface area contributed by atoms with E-state index >= 15 is 0 Å². The van der Waals surface area contributed by atoms with Gasteiger partial charge in [0.05, 0.1) is 21.7 Å². The summed E-state index contributed by atoms with van der Waals surface area (Å²) in [4.78, 5) is 28.2. The highest BCUT2D eigenvalue weighted by atomic mass is 32.2. The van der Waals surface area contributed by atoms with Crippen LogP contribution in [0.25, 0.3) is 0 Å². The second kappa shape index (κ2) is 9.28. The Kier molecular flexibility index (Phi) is 8.01. The summed E-state index contributed by atoms with van der Waals surface area (Å²) < 4.78 is 25.2. The Hall–Kier alpha value is -1.48. The second-order valence-electron chi connectivity index (χ2n) is 6.04. The third-order valence-corrected chi connectivity index (χ3v) is 7.20. The highest BCUT2D eigenvalue weighted by Crippen LogP contribution is 2.19. The number of rotatable bonds is 10. The van der Waals surface area contributed by atoms with Gasteiger partial charge in [0.2, 0.25) is 0 Å². The Morgan fingerprint density at radius 2 is 1.76 bits per heavy atom. The predicted molar refractivity (Wildman–Crippen MR) is 97.9 cm³/mol.